The number of ether oxygens (including phenoxy) is 2. The highest BCUT2D eigenvalue weighted by molar-refractivity contribution is 7.99. The second kappa shape index (κ2) is 7.66. The monoisotopic (exact) mass is 434 g/mol. The van der Waals surface area contributed by atoms with Gasteiger partial charge < -0.3 is 14.6 Å². The molecule has 3 aromatic rings. The molecule has 1 N–H and O–H groups in total. The van der Waals surface area contributed by atoms with Gasteiger partial charge in [-0.15, -0.1) is 0 Å². The maximum atomic E-state index is 13.1. The second-order valence-electron chi connectivity index (χ2n) is 6.85. The van der Waals surface area contributed by atoms with Crippen LogP contribution in [0.4, 0.5) is 4.39 Å². The number of halogens is 2. The van der Waals surface area contributed by atoms with Gasteiger partial charge in [0, 0.05) is 29.0 Å². The van der Waals surface area contributed by atoms with E-state index in [9.17, 15) is 9.50 Å². The quantitative estimate of drug-likeness (QED) is 0.676. The predicted octanol–water partition coefficient (Wildman–Crippen LogP) is 2.95. The summed E-state index contributed by atoms with van der Waals surface area (Å²) in [5.74, 6) is -0.401. The van der Waals surface area contributed by atoms with Gasteiger partial charge in [-0.3, -0.25) is 14.6 Å². The Kier molecular flexibility index (Phi) is 5.00. The standard InChI is InChI=1S/C19H16ClFN4O3S/c20-11-3-13(7-22-5-11)29-19-17(26)16(18-15(28-19)9-27-18)25-8-10(4-24-25)14-2-1-12(21)6-23-14/h1-8,15-19,26H,9H2. The lowest BCUT2D eigenvalue weighted by atomic mass is 9.93. The maximum Gasteiger partial charge on any atom is 0.141 e. The fourth-order valence-corrected chi connectivity index (χ4v) is 4.83. The van der Waals surface area contributed by atoms with E-state index in [0.717, 1.165) is 16.7 Å². The Labute approximate surface area is 174 Å². The molecule has 7 nitrogen and oxygen atoms in total. The van der Waals surface area contributed by atoms with Gasteiger partial charge in [0.15, 0.2) is 0 Å². The zero-order chi connectivity index (χ0) is 20.0. The molecule has 0 aromatic carbocycles. The van der Waals surface area contributed by atoms with Gasteiger partial charge in [0.05, 0.1) is 29.7 Å². The van der Waals surface area contributed by atoms with Gasteiger partial charge in [-0.2, -0.15) is 5.10 Å². The van der Waals surface area contributed by atoms with Crippen LogP contribution in [0.25, 0.3) is 11.3 Å². The summed E-state index contributed by atoms with van der Waals surface area (Å²) < 4.78 is 26.5. The minimum Gasteiger partial charge on any atom is -0.387 e. The van der Waals surface area contributed by atoms with Crippen molar-refractivity contribution in [1.29, 1.82) is 0 Å². The number of thioether (sulfide) groups is 1. The normalized spacial score (nSPS) is 28.6. The number of fused-ring (bicyclic) bond motifs is 1. The lowest BCUT2D eigenvalue weighted by Gasteiger charge is -2.49. The first kappa shape index (κ1) is 19.0. The van der Waals surface area contributed by atoms with Crippen LogP contribution in [0.5, 0.6) is 0 Å². The average molecular weight is 435 g/mol. The number of hydrogen-bond donors (Lipinski definition) is 1. The molecule has 0 aliphatic carbocycles. The van der Waals surface area contributed by atoms with Crippen LogP contribution in [-0.2, 0) is 9.47 Å². The summed E-state index contributed by atoms with van der Waals surface area (Å²) in [5, 5.41) is 16.0. The third kappa shape index (κ3) is 3.64. The number of aliphatic hydroxyl groups excluding tert-OH is 1. The average Bonchev–Trinajstić information content (AvgIpc) is 3.17. The molecule has 0 bridgehead atoms. The van der Waals surface area contributed by atoms with Crippen molar-refractivity contribution >= 4 is 23.4 Å². The number of rotatable bonds is 4. The predicted molar refractivity (Wildman–Crippen MR) is 104 cm³/mol. The summed E-state index contributed by atoms with van der Waals surface area (Å²) in [6.45, 7) is 0.465. The molecule has 2 fully saturated rings. The molecule has 0 radical (unpaired) electrons. The maximum absolute atomic E-state index is 13.1. The van der Waals surface area contributed by atoms with Gasteiger partial charge in [-0.05, 0) is 18.2 Å². The molecule has 2 aliphatic rings. The van der Waals surface area contributed by atoms with Gasteiger partial charge in [0.2, 0.25) is 0 Å². The van der Waals surface area contributed by atoms with E-state index in [1.54, 1.807) is 41.6 Å². The molecule has 5 rings (SSSR count). The van der Waals surface area contributed by atoms with Crippen molar-refractivity contribution in [2.45, 2.75) is 34.7 Å². The number of aromatic nitrogens is 4. The third-order valence-corrected chi connectivity index (χ3v) is 6.28. The van der Waals surface area contributed by atoms with Gasteiger partial charge in [-0.25, -0.2) is 4.39 Å². The van der Waals surface area contributed by atoms with Crippen molar-refractivity contribution in [2.24, 2.45) is 0 Å². The van der Waals surface area contributed by atoms with E-state index >= 15 is 0 Å². The molecule has 150 valence electrons. The van der Waals surface area contributed by atoms with Crippen molar-refractivity contribution in [3.05, 3.63) is 60.0 Å². The molecule has 2 saturated heterocycles. The molecule has 0 saturated carbocycles. The summed E-state index contributed by atoms with van der Waals surface area (Å²) in [4.78, 5) is 8.96. The molecule has 5 unspecified atom stereocenters. The van der Waals surface area contributed by atoms with Crippen molar-refractivity contribution in [2.75, 3.05) is 6.61 Å². The Morgan fingerprint density at radius 2 is 2.14 bits per heavy atom. The topological polar surface area (TPSA) is 82.3 Å². The van der Waals surface area contributed by atoms with E-state index < -0.39 is 23.4 Å². The van der Waals surface area contributed by atoms with Crippen LogP contribution >= 0.6 is 23.4 Å². The highest BCUT2D eigenvalue weighted by atomic mass is 35.5. The molecule has 5 heterocycles. The first-order valence-electron chi connectivity index (χ1n) is 8.97. The summed E-state index contributed by atoms with van der Waals surface area (Å²) in [6, 6.07) is 4.28. The van der Waals surface area contributed by atoms with Crippen molar-refractivity contribution in [1.82, 2.24) is 19.7 Å². The summed E-state index contributed by atoms with van der Waals surface area (Å²) in [6.07, 6.45) is 6.49. The molecule has 3 aromatic heterocycles. The molecule has 29 heavy (non-hydrogen) atoms. The van der Waals surface area contributed by atoms with Crippen molar-refractivity contribution in [3.8, 4) is 11.3 Å². The molecule has 10 heteroatoms. The highest BCUT2D eigenvalue weighted by Gasteiger charge is 2.52. The minimum absolute atomic E-state index is 0.135. The van der Waals surface area contributed by atoms with Gasteiger partial charge in [0.25, 0.3) is 0 Å². The van der Waals surface area contributed by atoms with Crippen LogP contribution in [0.1, 0.15) is 6.04 Å². The van der Waals surface area contributed by atoms with Gasteiger partial charge in [0.1, 0.15) is 35.6 Å². The van der Waals surface area contributed by atoms with E-state index in [2.05, 4.69) is 15.1 Å². The van der Waals surface area contributed by atoms with Crippen LogP contribution in [0.2, 0.25) is 5.02 Å². The van der Waals surface area contributed by atoms with Crippen LogP contribution in [0, 0.1) is 5.82 Å². The third-order valence-electron chi connectivity index (χ3n) is 4.96. The first-order valence-corrected chi connectivity index (χ1v) is 10.2. The second-order valence-corrected chi connectivity index (χ2v) is 8.46. The Balaban J connectivity index is 1.40. The van der Waals surface area contributed by atoms with E-state index in [-0.39, 0.29) is 12.2 Å². The lowest BCUT2D eigenvalue weighted by Crippen LogP contribution is -2.62. The Hall–Kier alpha value is -2.04. The Morgan fingerprint density at radius 1 is 1.24 bits per heavy atom. The summed E-state index contributed by atoms with van der Waals surface area (Å²) in [5.41, 5.74) is 0.797. The van der Waals surface area contributed by atoms with Gasteiger partial charge in [-0.1, -0.05) is 23.4 Å². The number of pyridine rings is 2. The number of nitrogens with zero attached hydrogens (tertiary/aromatic N) is 4. The van der Waals surface area contributed by atoms with Gasteiger partial charge >= 0.3 is 0 Å². The number of aliphatic hydroxyl groups is 1. The zero-order valence-corrected chi connectivity index (χ0v) is 16.5. The van der Waals surface area contributed by atoms with Crippen LogP contribution in [0.3, 0.4) is 0 Å². The fraction of sp³-hybridized carbons (Fsp3) is 0.316. The van der Waals surface area contributed by atoms with E-state index in [4.69, 9.17) is 21.1 Å². The Bertz CT molecular complexity index is 1020. The van der Waals surface area contributed by atoms with E-state index in [0.29, 0.717) is 17.3 Å². The molecular weight excluding hydrogens is 419 g/mol. The van der Waals surface area contributed by atoms with Crippen LogP contribution in [-0.4, -0.2) is 55.2 Å². The minimum atomic E-state index is -0.880. The smallest absolute Gasteiger partial charge is 0.141 e. The zero-order valence-electron chi connectivity index (χ0n) is 14.9. The molecular formula is C19H16ClFN4O3S. The molecule has 2 aliphatic heterocycles. The van der Waals surface area contributed by atoms with Crippen LogP contribution < -0.4 is 0 Å². The van der Waals surface area contributed by atoms with Crippen LogP contribution in [0.15, 0.2) is 54.1 Å². The highest BCUT2D eigenvalue weighted by Crippen LogP contribution is 2.43. The SMILES string of the molecule is OC1C(Sc2cncc(Cl)c2)OC2COC2C1n1cc(-c2ccc(F)cn2)cn1. The molecule has 0 spiro atoms. The van der Waals surface area contributed by atoms with Crippen molar-refractivity contribution < 1.29 is 19.0 Å². The first-order chi connectivity index (χ1) is 14.1. The van der Waals surface area contributed by atoms with E-state index in [1.165, 1.54) is 17.8 Å². The summed E-state index contributed by atoms with van der Waals surface area (Å²) in [7, 11) is 0. The fourth-order valence-electron chi connectivity index (χ4n) is 3.50. The molecule has 0 amide bonds. The number of hydrogen-bond acceptors (Lipinski definition) is 7. The summed E-state index contributed by atoms with van der Waals surface area (Å²) >= 11 is 7.37. The van der Waals surface area contributed by atoms with Crippen molar-refractivity contribution in [3.63, 3.8) is 0 Å². The molecule has 5 atom stereocenters. The van der Waals surface area contributed by atoms with E-state index in [1.807, 2.05) is 0 Å². The Morgan fingerprint density at radius 3 is 2.86 bits per heavy atom. The largest absolute Gasteiger partial charge is 0.387 e. The lowest BCUT2D eigenvalue weighted by molar-refractivity contribution is -0.266.